The van der Waals surface area contributed by atoms with E-state index in [-0.39, 0.29) is 0 Å². The summed E-state index contributed by atoms with van der Waals surface area (Å²) in [6, 6.07) is 6.45. The predicted octanol–water partition coefficient (Wildman–Crippen LogP) is 3.11. The van der Waals surface area contributed by atoms with Gasteiger partial charge in [0.05, 0.1) is 19.4 Å². The van der Waals surface area contributed by atoms with Gasteiger partial charge in [0.25, 0.3) is 0 Å². The number of rotatable bonds is 6. The first-order valence-electron chi connectivity index (χ1n) is 10.5. The maximum atomic E-state index is 5.80. The number of benzene rings is 1. The Kier molecular flexibility index (Phi) is 5.82. The summed E-state index contributed by atoms with van der Waals surface area (Å²) < 4.78 is 11.6. The van der Waals surface area contributed by atoms with Crippen LogP contribution in [-0.4, -0.2) is 60.4 Å². The molecule has 8 nitrogen and oxygen atoms in total. The Balaban J connectivity index is 1.44. The molecule has 2 saturated heterocycles. The van der Waals surface area contributed by atoms with E-state index in [4.69, 9.17) is 9.47 Å². The molecule has 4 rings (SSSR count). The lowest BCUT2D eigenvalue weighted by Crippen LogP contribution is -2.45. The molecule has 29 heavy (non-hydrogen) atoms. The van der Waals surface area contributed by atoms with Gasteiger partial charge in [0, 0.05) is 50.4 Å². The topological polar surface area (TPSA) is 75.6 Å². The molecule has 1 aromatic heterocycles. The van der Waals surface area contributed by atoms with E-state index in [2.05, 4.69) is 69.3 Å². The molecule has 0 bridgehead atoms. The number of aromatic nitrogens is 3. The van der Waals surface area contributed by atoms with Gasteiger partial charge in [0.15, 0.2) is 11.6 Å². The quantitative estimate of drug-likeness (QED) is 0.796. The molecule has 1 aromatic carbocycles. The van der Waals surface area contributed by atoms with Gasteiger partial charge in [-0.15, -0.1) is 5.10 Å². The lowest BCUT2D eigenvalue weighted by atomic mass is 10.0. The van der Waals surface area contributed by atoms with Gasteiger partial charge in [-0.25, -0.2) is 0 Å². The van der Waals surface area contributed by atoms with Gasteiger partial charge in [0.1, 0.15) is 0 Å². The summed E-state index contributed by atoms with van der Waals surface area (Å²) >= 11 is 0. The first-order valence-corrected chi connectivity index (χ1v) is 10.5. The fourth-order valence-corrected chi connectivity index (χ4v) is 4.03. The zero-order valence-corrected chi connectivity index (χ0v) is 17.5. The van der Waals surface area contributed by atoms with E-state index in [1.165, 1.54) is 11.3 Å². The molecular weight excluding hydrogens is 368 g/mol. The molecule has 1 spiro atoms. The van der Waals surface area contributed by atoms with Crippen molar-refractivity contribution in [2.75, 3.05) is 54.5 Å². The second-order valence-corrected chi connectivity index (χ2v) is 7.53. The Morgan fingerprint density at radius 2 is 1.86 bits per heavy atom. The van der Waals surface area contributed by atoms with Crippen molar-refractivity contribution < 1.29 is 9.47 Å². The van der Waals surface area contributed by atoms with E-state index in [1.807, 2.05) is 0 Å². The highest BCUT2D eigenvalue weighted by Gasteiger charge is 2.40. The van der Waals surface area contributed by atoms with Crippen LogP contribution < -0.4 is 15.1 Å². The maximum Gasteiger partial charge on any atom is 0.247 e. The van der Waals surface area contributed by atoms with E-state index < -0.39 is 5.79 Å². The van der Waals surface area contributed by atoms with Crippen LogP contribution in [0.2, 0.25) is 0 Å². The first kappa shape index (κ1) is 19.8. The van der Waals surface area contributed by atoms with Gasteiger partial charge in [-0.05, 0) is 44.5 Å². The van der Waals surface area contributed by atoms with Crippen LogP contribution in [0.15, 0.2) is 24.4 Å². The third kappa shape index (κ3) is 4.28. The molecule has 8 heteroatoms. The van der Waals surface area contributed by atoms with Gasteiger partial charge < -0.3 is 24.6 Å². The zero-order chi connectivity index (χ0) is 20.3. The molecule has 1 N–H and O–H groups in total. The molecular formula is C21H30N6O2. The monoisotopic (exact) mass is 398 g/mol. The number of aryl methyl sites for hydroxylation is 1. The first-order chi connectivity index (χ1) is 14.1. The summed E-state index contributed by atoms with van der Waals surface area (Å²) in [6.07, 6.45) is 3.30. The van der Waals surface area contributed by atoms with Crippen LogP contribution in [-0.2, 0) is 9.47 Å². The number of ether oxygens (including phenoxy) is 2. The van der Waals surface area contributed by atoms with Crippen LogP contribution >= 0.6 is 0 Å². The number of piperidine rings is 1. The van der Waals surface area contributed by atoms with Gasteiger partial charge in [0.2, 0.25) is 5.95 Å². The van der Waals surface area contributed by atoms with Crippen molar-refractivity contribution in [3.05, 3.63) is 30.0 Å². The standard InChI is InChI=1S/C21H30N6O2/c1-4-26(5-2)17-6-7-18(16(3)14-17)23-19-15-22-25-20(24-19)27-10-8-21(9-11-27)28-12-13-29-21/h6-7,14-15H,4-5,8-13H2,1-3H3,(H,23,24,25). The predicted molar refractivity (Wildman–Crippen MR) is 114 cm³/mol. The van der Waals surface area contributed by atoms with Crippen LogP contribution in [0.3, 0.4) is 0 Å². The Morgan fingerprint density at radius 3 is 2.52 bits per heavy atom. The number of hydrogen-bond donors (Lipinski definition) is 1. The molecule has 2 aromatic rings. The molecule has 0 aliphatic carbocycles. The molecule has 0 radical (unpaired) electrons. The molecule has 0 atom stereocenters. The van der Waals surface area contributed by atoms with Crippen LogP contribution in [0.5, 0.6) is 0 Å². The average molecular weight is 399 g/mol. The van der Waals surface area contributed by atoms with E-state index in [0.717, 1.165) is 44.7 Å². The fraction of sp³-hybridized carbons (Fsp3) is 0.571. The summed E-state index contributed by atoms with van der Waals surface area (Å²) in [5.74, 6) is 0.936. The highest BCUT2D eigenvalue weighted by atomic mass is 16.7. The highest BCUT2D eigenvalue weighted by Crippen LogP contribution is 2.32. The van der Waals surface area contributed by atoms with Crippen LogP contribution in [0.25, 0.3) is 0 Å². The largest absolute Gasteiger partial charge is 0.372 e. The van der Waals surface area contributed by atoms with Crippen molar-refractivity contribution >= 4 is 23.1 Å². The van der Waals surface area contributed by atoms with Crippen molar-refractivity contribution in [2.45, 2.75) is 39.4 Å². The van der Waals surface area contributed by atoms with Crippen molar-refractivity contribution in [2.24, 2.45) is 0 Å². The van der Waals surface area contributed by atoms with Gasteiger partial charge in [-0.3, -0.25) is 0 Å². The second kappa shape index (κ2) is 8.51. The number of hydrogen-bond acceptors (Lipinski definition) is 8. The van der Waals surface area contributed by atoms with Gasteiger partial charge >= 0.3 is 0 Å². The van der Waals surface area contributed by atoms with E-state index in [0.29, 0.717) is 25.0 Å². The number of nitrogens with one attached hydrogen (secondary N) is 1. The molecule has 3 heterocycles. The molecule has 0 unspecified atom stereocenters. The van der Waals surface area contributed by atoms with Crippen LogP contribution in [0.4, 0.5) is 23.1 Å². The summed E-state index contributed by atoms with van der Waals surface area (Å²) in [5.41, 5.74) is 3.43. The average Bonchev–Trinajstić information content (AvgIpc) is 3.19. The molecule has 2 aliphatic rings. The van der Waals surface area contributed by atoms with Gasteiger partial charge in [-0.1, -0.05) is 0 Å². The molecule has 156 valence electrons. The molecule has 0 amide bonds. The van der Waals surface area contributed by atoms with Crippen LogP contribution in [0.1, 0.15) is 32.3 Å². The number of nitrogens with zero attached hydrogens (tertiary/aromatic N) is 5. The van der Waals surface area contributed by atoms with Crippen LogP contribution in [0, 0.1) is 6.92 Å². The second-order valence-electron chi connectivity index (χ2n) is 7.53. The normalized spacial score (nSPS) is 18.2. The minimum atomic E-state index is -0.399. The van der Waals surface area contributed by atoms with E-state index in [1.54, 1.807) is 6.20 Å². The minimum absolute atomic E-state index is 0.399. The highest BCUT2D eigenvalue weighted by molar-refractivity contribution is 5.65. The Morgan fingerprint density at radius 1 is 1.14 bits per heavy atom. The summed E-state index contributed by atoms with van der Waals surface area (Å²) in [6.45, 7) is 11.4. The maximum absolute atomic E-state index is 5.80. The molecule has 0 saturated carbocycles. The Hall–Kier alpha value is -2.45. The van der Waals surface area contributed by atoms with E-state index in [9.17, 15) is 0 Å². The Bertz CT molecular complexity index is 826. The van der Waals surface area contributed by atoms with Crippen molar-refractivity contribution in [3.8, 4) is 0 Å². The fourth-order valence-electron chi connectivity index (χ4n) is 4.03. The lowest BCUT2D eigenvalue weighted by molar-refractivity contribution is -0.169. The SMILES string of the molecule is CCN(CC)c1ccc(Nc2cnnc(N3CCC4(CC3)OCCO4)n2)c(C)c1. The summed E-state index contributed by atoms with van der Waals surface area (Å²) in [4.78, 5) is 9.17. The molecule has 2 fully saturated rings. The summed E-state index contributed by atoms with van der Waals surface area (Å²) in [7, 11) is 0. The third-order valence-corrected chi connectivity index (χ3v) is 5.77. The third-order valence-electron chi connectivity index (χ3n) is 5.77. The Labute approximate surface area is 172 Å². The summed E-state index contributed by atoms with van der Waals surface area (Å²) in [5, 5.41) is 11.8. The number of anilines is 4. The van der Waals surface area contributed by atoms with Crippen molar-refractivity contribution in [1.29, 1.82) is 0 Å². The van der Waals surface area contributed by atoms with Crippen molar-refractivity contribution in [3.63, 3.8) is 0 Å². The lowest BCUT2D eigenvalue weighted by Gasteiger charge is -2.37. The smallest absolute Gasteiger partial charge is 0.247 e. The zero-order valence-electron chi connectivity index (χ0n) is 17.5. The van der Waals surface area contributed by atoms with Crippen molar-refractivity contribution in [1.82, 2.24) is 15.2 Å². The molecule has 2 aliphatic heterocycles. The van der Waals surface area contributed by atoms with Gasteiger partial charge in [-0.2, -0.15) is 10.1 Å². The van der Waals surface area contributed by atoms with E-state index >= 15 is 0 Å². The minimum Gasteiger partial charge on any atom is -0.372 e.